The van der Waals surface area contributed by atoms with Gasteiger partial charge >= 0.3 is 0 Å². The summed E-state index contributed by atoms with van der Waals surface area (Å²) in [6.45, 7) is 4.80. The minimum Gasteiger partial charge on any atom is -0.490 e. The number of carbonyl (C=O) groups excluding carboxylic acids is 1. The lowest BCUT2D eigenvalue weighted by molar-refractivity contribution is -0.111. The second-order valence-corrected chi connectivity index (χ2v) is 7.57. The molecule has 1 amide bonds. The number of amides is 1. The van der Waals surface area contributed by atoms with E-state index >= 15 is 0 Å². The smallest absolute Gasteiger partial charge is 0.249 e. The van der Waals surface area contributed by atoms with Crippen LogP contribution in [0.3, 0.4) is 0 Å². The molecule has 0 saturated carbocycles. The highest BCUT2D eigenvalue weighted by Crippen LogP contribution is 2.24. The Labute approximate surface area is 192 Å². The van der Waals surface area contributed by atoms with Crippen molar-refractivity contribution in [1.82, 2.24) is 14.8 Å². The van der Waals surface area contributed by atoms with Crippen molar-refractivity contribution in [1.29, 1.82) is 5.26 Å². The Morgan fingerprint density at radius 1 is 1.28 bits per heavy atom. The van der Waals surface area contributed by atoms with Gasteiger partial charge in [-0.2, -0.15) is 10.4 Å². The van der Waals surface area contributed by atoms with E-state index in [1.165, 1.54) is 11.6 Å². The van der Waals surface area contributed by atoms with Crippen molar-refractivity contribution < 1.29 is 9.53 Å². The Kier molecular flexibility index (Phi) is 8.01. The van der Waals surface area contributed by atoms with Crippen molar-refractivity contribution in [2.75, 3.05) is 11.9 Å². The van der Waals surface area contributed by atoms with Crippen LogP contribution in [0.2, 0.25) is 5.15 Å². The molecule has 0 saturated heterocycles. The van der Waals surface area contributed by atoms with E-state index in [9.17, 15) is 4.79 Å². The third kappa shape index (κ3) is 6.19. The van der Waals surface area contributed by atoms with Crippen molar-refractivity contribution in [3.05, 3.63) is 76.2 Å². The molecule has 8 heteroatoms. The largest absolute Gasteiger partial charge is 0.490 e. The second kappa shape index (κ2) is 11.1. The van der Waals surface area contributed by atoms with Gasteiger partial charge in [0.25, 0.3) is 0 Å². The number of pyridine rings is 1. The Morgan fingerprint density at radius 3 is 2.81 bits per heavy atom. The van der Waals surface area contributed by atoms with E-state index in [4.69, 9.17) is 21.6 Å². The third-order valence-corrected chi connectivity index (χ3v) is 5.07. The molecule has 3 rings (SSSR count). The fraction of sp³-hybridized carbons (Fsp3) is 0.250. The maximum atomic E-state index is 12.5. The van der Waals surface area contributed by atoms with Gasteiger partial charge in [-0.1, -0.05) is 41.4 Å². The zero-order valence-electron chi connectivity index (χ0n) is 18.0. The van der Waals surface area contributed by atoms with Crippen LogP contribution in [0.4, 0.5) is 5.82 Å². The number of unbranched alkanes of at least 4 members (excludes halogenated alkanes) is 1. The summed E-state index contributed by atoms with van der Waals surface area (Å²) in [5, 5.41) is 16.3. The molecular formula is C24H24ClN5O2. The van der Waals surface area contributed by atoms with Crippen LogP contribution in [0.25, 0.3) is 6.08 Å². The predicted octanol–water partition coefficient (Wildman–Crippen LogP) is 4.93. The third-order valence-electron chi connectivity index (χ3n) is 4.67. The summed E-state index contributed by atoms with van der Waals surface area (Å²) in [5.74, 6) is 0.400. The summed E-state index contributed by atoms with van der Waals surface area (Å²) in [6, 6.07) is 13.7. The average molecular weight is 450 g/mol. The molecule has 0 radical (unpaired) electrons. The van der Waals surface area contributed by atoms with E-state index in [2.05, 4.69) is 21.5 Å². The van der Waals surface area contributed by atoms with Gasteiger partial charge in [0.15, 0.2) is 11.6 Å². The van der Waals surface area contributed by atoms with Crippen LogP contribution < -0.4 is 10.1 Å². The minimum atomic E-state index is -0.368. The minimum absolute atomic E-state index is 0.317. The summed E-state index contributed by atoms with van der Waals surface area (Å²) in [5.41, 5.74) is 3.69. The Bertz CT molecular complexity index is 1150. The number of ether oxygens (including phenoxy) is 1. The first-order valence-corrected chi connectivity index (χ1v) is 10.6. The first-order chi connectivity index (χ1) is 15.5. The molecule has 1 N–H and O–H groups in total. The van der Waals surface area contributed by atoms with Gasteiger partial charge in [-0.25, -0.2) is 9.67 Å². The van der Waals surface area contributed by atoms with Gasteiger partial charge in [-0.05, 0) is 44.0 Å². The first kappa shape index (κ1) is 23.0. The van der Waals surface area contributed by atoms with E-state index in [0.717, 1.165) is 11.3 Å². The number of nitrogens with zero attached hydrogens (tertiary/aromatic N) is 4. The van der Waals surface area contributed by atoms with Gasteiger partial charge in [-0.15, -0.1) is 0 Å². The van der Waals surface area contributed by atoms with Crippen LogP contribution in [0.5, 0.6) is 5.75 Å². The van der Waals surface area contributed by atoms with E-state index in [0.29, 0.717) is 48.3 Å². The Morgan fingerprint density at radius 2 is 2.06 bits per heavy atom. The molecule has 0 atom stereocenters. The summed E-state index contributed by atoms with van der Waals surface area (Å²) >= 11 is 6.52. The molecule has 3 aromatic rings. The standard InChI is InChI=1S/C24H24ClN5O2/c1-17-7-9-19(10-8-17)16-30-23(25)20(18(2)29-30)11-12-22(31)28-24-21(6-5-14-27-24)32-15-4-3-13-26/h5-12,14H,3-4,15-16H2,1-2H3,(H,27,28,31)/b12-11+. The zero-order chi connectivity index (χ0) is 22.9. The number of nitrogens with one attached hydrogen (secondary N) is 1. The first-order valence-electron chi connectivity index (χ1n) is 10.2. The maximum Gasteiger partial charge on any atom is 0.249 e. The average Bonchev–Trinajstić information content (AvgIpc) is 3.04. The molecule has 0 unspecified atom stereocenters. The monoisotopic (exact) mass is 449 g/mol. The summed E-state index contributed by atoms with van der Waals surface area (Å²) in [4.78, 5) is 16.6. The van der Waals surface area contributed by atoms with Crippen LogP contribution in [0.1, 0.15) is 35.2 Å². The molecule has 2 aromatic heterocycles. The van der Waals surface area contributed by atoms with Gasteiger partial charge < -0.3 is 10.1 Å². The van der Waals surface area contributed by atoms with Crippen molar-refractivity contribution in [2.24, 2.45) is 0 Å². The highest BCUT2D eigenvalue weighted by Gasteiger charge is 2.13. The fourth-order valence-corrected chi connectivity index (χ4v) is 3.28. The Balaban J connectivity index is 1.67. The fourth-order valence-electron chi connectivity index (χ4n) is 2.98. The number of benzene rings is 1. The normalized spacial score (nSPS) is 10.8. The highest BCUT2D eigenvalue weighted by atomic mass is 35.5. The van der Waals surface area contributed by atoms with Crippen LogP contribution >= 0.6 is 11.6 Å². The summed E-state index contributed by atoms with van der Waals surface area (Å²) in [6.07, 6.45) is 5.60. The molecule has 2 heterocycles. The number of carbonyl (C=O) groups is 1. The van der Waals surface area contributed by atoms with Crippen molar-refractivity contribution in [3.63, 3.8) is 0 Å². The predicted molar refractivity (Wildman–Crippen MR) is 124 cm³/mol. The molecule has 164 valence electrons. The van der Waals surface area contributed by atoms with E-state index in [-0.39, 0.29) is 5.91 Å². The second-order valence-electron chi connectivity index (χ2n) is 7.22. The Hall–Kier alpha value is -3.63. The molecule has 0 aliphatic carbocycles. The lowest BCUT2D eigenvalue weighted by Gasteiger charge is -2.09. The van der Waals surface area contributed by atoms with Gasteiger partial charge in [0.2, 0.25) is 5.91 Å². The zero-order valence-corrected chi connectivity index (χ0v) is 18.8. The van der Waals surface area contributed by atoms with Crippen molar-refractivity contribution in [3.8, 4) is 11.8 Å². The molecule has 32 heavy (non-hydrogen) atoms. The van der Waals surface area contributed by atoms with Crippen LogP contribution in [-0.2, 0) is 11.3 Å². The number of hydrogen-bond donors (Lipinski definition) is 1. The van der Waals surface area contributed by atoms with Gasteiger partial charge in [-0.3, -0.25) is 4.79 Å². The van der Waals surface area contributed by atoms with E-state index < -0.39 is 0 Å². The van der Waals surface area contributed by atoms with E-state index in [1.54, 1.807) is 29.1 Å². The van der Waals surface area contributed by atoms with Crippen molar-refractivity contribution in [2.45, 2.75) is 33.2 Å². The number of aromatic nitrogens is 3. The number of rotatable bonds is 9. The van der Waals surface area contributed by atoms with Crippen molar-refractivity contribution >= 4 is 29.4 Å². The van der Waals surface area contributed by atoms with Crippen LogP contribution in [0, 0.1) is 25.2 Å². The maximum absolute atomic E-state index is 12.5. The molecule has 1 aromatic carbocycles. The number of halogens is 1. The lowest BCUT2D eigenvalue weighted by atomic mass is 10.1. The molecule has 0 aliphatic rings. The van der Waals surface area contributed by atoms with Gasteiger partial charge in [0, 0.05) is 24.3 Å². The van der Waals surface area contributed by atoms with Crippen LogP contribution in [0.15, 0.2) is 48.7 Å². The van der Waals surface area contributed by atoms with Gasteiger partial charge in [0.05, 0.1) is 24.9 Å². The topological polar surface area (TPSA) is 92.8 Å². The number of aryl methyl sites for hydroxylation is 2. The molecule has 0 aliphatic heterocycles. The number of hydrogen-bond acceptors (Lipinski definition) is 5. The highest BCUT2D eigenvalue weighted by molar-refractivity contribution is 6.31. The molecule has 7 nitrogen and oxygen atoms in total. The number of nitriles is 1. The van der Waals surface area contributed by atoms with E-state index in [1.807, 2.05) is 38.1 Å². The lowest BCUT2D eigenvalue weighted by Crippen LogP contribution is -2.11. The molecule has 0 bridgehead atoms. The molecular weight excluding hydrogens is 426 g/mol. The summed E-state index contributed by atoms with van der Waals surface area (Å²) < 4.78 is 7.33. The SMILES string of the molecule is Cc1ccc(Cn2nc(C)c(/C=C/C(=O)Nc3ncccc3OCCCC#N)c2Cl)cc1. The quantitative estimate of drug-likeness (QED) is 0.369. The van der Waals surface area contributed by atoms with Crippen LogP contribution in [-0.4, -0.2) is 27.3 Å². The molecule has 0 spiro atoms. The number of anilines is 1. The summed E-state index contributed by atoms with van der Waals surface area (Å²) in [7, 11) is 0. The molecule has 0 fully saturated rings. The van der Waals surface area contributed by atoms with Gasteiger partial charge in [0.1, 0.15) is 5.15 Å².